The molecule has 2 aromatic rings. The summed E-state index contributed by atoms with van der Waals surface area (Å²) in [4.78, 5) is 14.4. The third-order valence-electron chi connectivity index (χ3n) is 4.98. The first-order valence-electron chi connectivity index (χ1n) is 9.32. The highest BCUT2D eigenvalue weighted by Gasteiger charge is 2.20. The average Bonchev–Trinajstić information content (AvgIpc) is 2.69. The summed E-state index contributed by atoms with van der Waals surface area (Å²) < 4.78 is 12.9. The molecular weight excluding hydrogens is 365 g/mol. The quantitative estimate of drug-likeness (QED) is 0.778. The second-order valence-corrected chi connectivity index (χ2v) is 7.41. The number of nitrogens with one attached hydrogen (secondary N) is 2. The van der Waals surface area contributed by atoms with Gasteiger partial charge in [-0.1, -0.05) is 41.9 Å². The van der Waals surface area contributed by atoms with Gasteiger partial charge in [0.05, 0.1) is 0 Å². The van der Waals surface area contributed by atoms with Crippen LogP contribution < -0.4 is 10.6 Å². The molecule has 0 saturated carbocycles. The third-order valence-corrected chi connectivity index (χ3v) is 5.35. The predicted molar refractivity (Wildman–Crippen MR) is 106 cm³/mol. The van der Waals surface area contributed by atoms with E-state index in [-0.39, 0.29) is 11.8 Å². The van der Waals surface area contributed by atoms with Crippen LogP contribution in [0.25, 0.3) is 0 Å². The van der Waals surface area contributed by atoms with Gasteiger partial charge in [0.1, 0.15) is 5.82 Å². The van der Waals surface area contributed by atoms with Crippen molar-refractivity contribution >= 4 is 17.6 Å². The summed E-state index contributed by atoms with van der Waals surface area (Å²) in [5.74, 6) is 0.216. The van der Waals surface area contributed by atoms with Crippen molar-refractivity contribution in [1.82, 2.24) is 15.5 Å². The molecule has 0 atom stereocenters. The number of piperidine rings is 1. The van der Waals surface area contributed by atoms with E-state index in [0.717, 1.165) is 48.6 Å². The number of benzene rings is 2. The summed E-state index contributed by atoms with van der Waals surface area (Å²) in [5.41, 5.74) is 2.04. The lowest BCUT2D eigenvalue weighted by molar-refractivity contribution is 0.175. The molecule has 0 aromatic heterocycles. The molecule has 0 bridgehead atoms. The molecule has 4 nitrogen and oxygen atoms in total. The Morgan fingerprint density at radius 1 is 1.07 bits per heavy atom. The zero-order chi connectivity index (χ0) is 19.1. The van der Waals surface area contributed by atoms with Gasteiger partial charge in [0.25, 0.3) is 0 Å². The lowest BCUT2D eigenvalue weighted by atomic mass is 9.96. The number of nitrogens with zero attached hydrogens (tertiary/aromatic N) is 1. The van der Waals surface area contributed by atoms with Crippen LogP contribution >= 0.6 is 11.6 Å². The van der Waals surface area contributed by atoms with Gasteiger partial charge in [0, 0.05) is 24.7 Å². The average molecular weight is 390 g/mol. The number of hydrogen-bond acceptors (Lipinski definition) is 2. The minimum absolute atomic E-state index is 0.183. The molecule has 1 heterocycles. The molecule has 1 fully saturated rings. The lowest BCUT2D eigenvalue weighted by Crippen LogP contribution is -2.41. The standard InChI is InChI=1S/C21H25ClFN3O/c22-20-4-2-1-3-18(20)15-26-11-9-17(10-12-26)14-25-21(27)24-13-16-5-7-19(23)8-6-16/h1-8,17H,9-15H2,(H2,24,25,27). The first kappa shape index (κ1) is 19.6. The Morgan fingerprint density at radius 3 is 2.48 bits per heavy atom. The molecule has 2 aromatic carbocycles. The van der Waals surface area contributed by atoms with Gasteiger partial charge in [-0.15, -0.1) is 0 Å². The summed E-state index contributed by atoms with van der Waals surface area (Å²) in [6, 6.07) is 13.9. The first-order valence-corrected chi connectivity index (χ1v) is 9.70. The van der Waals surface area contributed by atoms with Crippen LogP contribution in [0.1, 0.15) is 24.0 Å². The minimum atomic E-state index is -0.274. The first-order chi connectivity index (χ1) is 13.1. The van der Waals surface area contributed by atoms with Crippen molar-refractivity contribution in [3.8, 4) is 0 Å². The molecule has 144 valence electrons. The van der Waals surface area contributed by atoms with Gasteiger partial charge in [-0.05, 0) is 61.2 Å². The molecule has 2 N–H and O–H groups in total. The predicted octanol–water partition coefficient (Wildman–Crippen LogP) is 4.19. The number of likely N-dealkylation sites (tertiary alicyclic amines) is 1. The maximum atomic E-state index is 12.9. The monoisotopic (exact) mass is 389 g/mol. The van der Waals surface area contributed by atoms with Crippen LogP contribution in [-0.2, 0) is 13.1 Å². The Hall–Kier alpha value is -2.11. The van der Waals surface area contributed by atoms with Gasteiger partial charge in [-0.2, -0.15) is 0 Å². The van der Waals surface area contributed by atoms with Gasteiger partial charge in [-0.25, -0.2) is 9.18 Å². The second kappa shape index (κ2) is 9.72. The zero-order valence-electron chi connectivity index (χ0n) is 15.3. The number of hydrogen-bond donors (Lipinski definition) is 2. The van der Waals surface area contributed by atoms with E-state index in [1.54, 1.807) is 12.1 Å². The van der Waals surface area contributed by atoms with Gasteiger partial charge in [-0.3, -0.25) is 4.90 Å². The highest BCUT2D eigenvalue weighted by Crippen LogP contribution is 2.21. The number of carbonyl (C=O) groups is 1. The molecule has 2 amide bonds. The van der Waals surface area contributed by atoms with Crippen molar-refractivity contribution < 1.29 is 9.18 Å². The SMILES string of the molecule is O=C(NCc1ccc(F)cc1)NCC1CCN(Cc2ccccc2Cl)CC1. The molecule has 0 spiro atoms. The molecular formula is C21H25ClFN3O. The number of carbonyl (C=O) groups excluding carboxylic acids is 1. The minimum Gasteiger partial charge on any atom is -0.338 e. The van der Waals surface area contributed by atoms with E-state index in [1.165, 1.54) is 12.1 Å². The number of halogens is 2. The van der Waals surface area contributed by atoms with Gasteiger partial charge in [0.15, 0.2) is 0 Å². The summed E-state index contributed by atoms with van der Waals surface area (Å²) in [5, 5.41) is 6.57. The van der Waals surface area contributed by atoms with Crippen molar-refractivity contribution in [3.63, 3.8) is 0 Å². The molecule has 1 aliphatic heterocycles. The van der Waals surface area contributed by atoms with E-state index in [1.807, 2.05) is 18.2 Å². The maximum Gasteiger partial charge on any atom is 0.315 e. The van der Waals surface area contributed by atoms with Crippen molar-refractivity contribution in [3.05, 3.63) is 70.5 Å². The Morgan fingerprint density at radius 2 is 1.78 bits per heavy atom. The van der Waals surface area contributed by atoms with E-state index >= 15 is 0 Å². The number of amides is 2. The Bertz CT molecular complexity index is 745. The molecule has 1 aliphatic rings. The highest BCUT2D eigenvalue weighted by molar-refractivity contribution is 6.31. The van der Waals surface area contributed by atoms with Crippen molar-refractivity contribution in [2.45, 2.75) is 25.9 Å². The molecule has 0 radical (unpaired) electrons. The molecule has 6 heteroatoms. The Labute approximate surface area is 164 Å². The van der Waals surface area contributed by atoms with Gasteiger partial charge in [0.2, 0.25) is 0 Å². The summed E-state index contributed by atoms with van der Waals surface area (Å²) in [6.07, 6.45) is 2.12. The summed E-state index contributed by atoms with van der Waals surface area (Å²) in [6.45, 7) is 3.96. The van der Waals surface area contributed by atoms with Gasteiger partial charge < -0.3 is 10.6 Å². The van der Waals surface area contributed by atoms with E-state index in [0.29, 0.717) is 19.0 Å². The highest BCUT2D eigenvalue weighted by atomic mass is 35.5. The molecule has 0 unspecified atom stereocenters. The van der Waals surface area contributed by atoms with Crippen LogP contribution in [-0.4, -0.2) is 30.6 Å². The van der Waals surface area contributed by atoms with Crippen molar-refractivity contribution in [2.75, 3.05) is 19.6 Å². The van der Waals surface area contributed by atoms with E-state index in [2.05, 4.69) is 21.6 Å². The van der Waals surface area contributed by atoms with Crippen LogP contribution in [0.5, 0.6) is 0 Å². The fourth-order valence-electron chi connectivity index (χ4n) is 3.30. The molecule has 27 heavy (non-hydrogen) atoms. The van der Waals surface area contributed by atoms with E-state index in [4.69, 9.17) is 11.6 Å². The zero-order valence-corrected chi connectivity index (χ0v) is 16.0. The van der Waals surface area contributed by atoms with Gasteiger partial charge >= 0.3 is 6.03 Å². The van der Waals surface area contributed by atoms with Crippen LogP contribution in [0.15, 0.2) is 48.5 Å². The van der Waals surface area contributed by atoms with Crippen LogP contribution in [0.2, 0.25) is 5.02 Å². The fraction of sp³-hybridized carbons (Fsp3) is 0.381. The Kier molecular flexibility index (Phi) is 7.07. The van der Waals surface area contributed by atoms with E-state index in [9.17, 15) is 9.18 Å². The molecule has 0 aliphatic carbocycles. The maximum absolute atomic E-state index is 12.9. The summed E-state index contributed by atoms with van der Waals surface area (Å²) in [7, 11) is 0. The van der Waals surface area contributed by atoms with E-state index < -0.39 is 0 Å². The number of urea groups is 1. The van der Waals surface area contributed by atoms with Crippen molar-refractivity contribution in [2.24, 2.45) is 5.92 Å². The van der Waals surface area contributed by atoms with Crippen LogP contribution in [0.3, 0.4) is 0 Å². The smallest absolute Gasteiger partial charge is 0.315 e. The fourth-order valence-corrected chi connectivity index (χ4v) is 3.50. The molecule has 1 saturated heterocycles. The van der Waals surface area contributed by atoms with Crippen molar-refractivity contribution in [1.29, 1.82) is 0 Å². The van der Waals surface area contributed by atoms with Crippen LogP contribution in [0, 0.1) is 11.7 Å². The second-order valence-electron chi connectivity index (χ2n) is 7.00. The largest absolute Gasteiger partial charge is 0.338 e. The Balaban J connectivity index is 1.33. The lowest BCUT2D eigenvalue weighted by Gasteiger charge is -2.32. The molecule has 3 rings (SSSR count). The summed E-state index contributed by atoms with van der Waals surface area (Å²) >= 11 is 6.24. The topological polar surface area (TPSA) is 44.4 Å². The number of rotatable bonds is 6. The third kappa shape index (κ3) is 6.22. The van der Waals surface area contributed by atoms with Crippen LogP contribution in [0.4, 0.5) is 9.18 Å². The normalized spacial score (nSPS) is 15.5.